The van der Waals surface area contributed by atoms with Gasteiger partial charge in [-0.1, -0.05) is 11.8 Å². The van der Waals surface area contributed by atoms with Crippen LogP contribution in [0.2, 0.25) is 0 Å². The molecule has 0 aromatic carbocycles. The van der Waals surface area contributed by atoms with Crippen LogP contribution in [-0.4, -0.2) is 37.1 Å². The van der Waals surface area contributed by atoms with Crippen LogP contribution in [0.3, 0.4) is 0 Å². The molecule has 3 N–H and O–H groups in total. The number of thioether (sulfide) groups is 1. The lowest BCUT2D eigenvalue weighted by Gasteiger charge is -2.16. The lowest BCUT2D eigenvalue weighted by atomic mass is 10.2. The lowest BCUT2D eigenvalue weighted by molar-refractivity contribution is -0.138. The Balaban J connectivity index is 1.93. The van der Waals surface area contributed by atoms with Crippen molar-refractivity contribution in [3.63, 3.8) is 0 Å². The molecule has 0 bridgehead atoms. The van der Waals surface area contributed by atoms with Gasteiger partial charge in [0.25, 0.3) is 0 Å². The van der Waals surface area contributed by atoms with Crippen molar-refractivity contribution in [2.45, 2.75) is 35.6 Å². The molecule has 9 heteroatoms. The lowest BCUT2D eigenvalue weighted by Crippen LogP contribution is -2.26. The van der Waals surface area contributed by atoms with Crippen molar-refractivity contribution in [1.82, 2.24) is 9.97 Å². The molecule has 0 aliphatic heterocycles. The number of aromatic nitrogens is 2. The number of nitrogens with one attached hydrogen (secondary N) is 1. The van der Waals surface area contributed by atoms with Crippen LogP contribution < -0.4 is 5.32 Å². The van der Waals surface area contributed by atoms with Gasteiger partial charge in [-0.15, -0.1) is 11.3 Å². The highest BCUT2D eigenvalue weighted by Crippen LogP contribution is 2.34. The number of hydrogen-bond acceptors (Lipinski definition) is 7. The molecule has 0 aliphatic carbocycles. The fourth-order valence-corrected chi connectivity index (χ4v) is 4.01. The summed E-state index contributed by atoms with van der Waals surface area (Å²) in [5.74, 6) is -0.320. The summed E-state index contributed by atoms with van der Waals surface area (Å²) in [5, 5.41) is 23.9. The maximum Gasteiger partial charge on any atom is 0.319 e. The summed E-state index contributed by atoms with van der Waals surface area (Å²) >= 11 is 5.86. The number of nitrogens with zero attached hydrogens (tertiary/aromatic N) is 2. The van der Waals surface area contributed by atoms with E-state index in [4.69, 9.17) is 5.11 Å². The van der Waals surface area contributed by atoms with E-state index < -0.39 is 16.9 Å². The van der Waals surface area contributed by atoms with Crippen LogP contribution >= 0.6 is 39.0 Å². The first-order chi connectivity index (χ1) is 10.8. The van der Waals surface area contributed by atoms with Crippen molar-refractivity contribution in [2.75, 3.05) is 5.32 Å². The minimum Gasteiger partial charge on any atom is -0.480 e. The molecule has 0 fully saturated rings. The van der Waals surface area contributed by atoms with Crippen LogP contribution in [0, 0.1) is 0 Å². The second kappa shape index (κ2) is 7.61. The third-order valence-electron chi connectivity index (χ3n) is 2.83. The highest BCUT2D eigenvalue weighted by molar-refractivity contribution is 9.10. The number of aliphatic hydroxyl groups is 1. The van der Waals surface area contributed by atoms with Gasteiger partial charge in [0.2, 0.25) is 0 Å². The number of carbonyl (C=O) groups is 1. The molecule has 2 heterocycles. The number of carboxylic acids is 1. The number of hydrogen-bond donors (Lipinski definition) is 3. The number of aliphatic carboxylic acids is 1. The zero-order valence-corrected chi connectivity index (χ0v) is 15.7. The molecule has 6 nitrogen and oxygen atoms in total. The van der Waals surface area contributed by atoms with Crippen molar-refractivity contribution in [3.05, 3.63) is 33.9 Å². The third-order valence-corrected chi connectivity index (χ3v) is 5.47. The topological polar surface area (TPSA) is 95.3 Å². The number of aliphatic hydroxyl groups excluding tert-OH is 1. The number of rotatable bonds is 7. The highest BCUT2D eigenvalue weighted by atomic mass is 79.9. The van der Waals surface area contributed by atoms with Crippen molar-refractivity contribution in [1.29, 1.82) is 0 Å². The Morgan fingerprint density at radius 1 is 1.52 bits per heavy atom. The molecule has 0 radical (unpaired) electrons. The molecule has 2 rings (SSSR count). The summed E-state index contributed by atoms with van der Waals surface area (Å²) in [6.07, 6.45) is 1.12. The first-order valence-corrected chi connectivity index (χ1v) is 9.18. The van der Waals surface area contributed by atoms with Gasteiger partial charge in [-0.2, -0.15) is 0 Å². The van der Waals surface area contributed by atoms with Crippen LogP contribution in [-0.2, 0) is 11.2 Å². The monoisotopic (exact) mass is 417 g/mol. The minimum atomic E-state index is -0.937. The van der Waals surface area contributed by atoms with Gasteiger partial charge in [-0.25, -0.2) is 9.97 Å². The van der Waals surface area contributed by atoms with Crippen LogP contribution in [0.15, 0.2) is 32.5 Å². The van der Waals surface area contributed by atoms with E-state index in [0.717, 1.165) is 4.47 Å². The molecule has 0 amide bonds. The van der Waals surface area contributed by atoms with E-state index >= 15 is 0 Å². The third kappa shape index (κ3) is 5.45. The summed E-state index contributed by atoms with van der Waals surface area (Å²) in [6.45, 7) is 3.27. The van der Waals surface area contributed by atoms with Crippen LogP contribution in [0.4, 0.5) is 5.82 Å². The molecule has 0 aliphatic rings. The molecule has 0 saturated carbocycles. The van der Waals surface area contributed by atoms with Crippen LogP contribution in [0.25, 0.3) is 0 Å². The predicted molar refractivity (Wildman–Crippen MR) is 95.0 cm³/mol. The largest absolute Gasteiger partial charge is 0.480 e. The zero-order valence-electron chi connectivity index (χ0n) is 12.5. The second-order valence-electron chi connectivity index (χ2n) is 5.25. The Morgan fingerprint density at radius 2 is 2.26 bits per heavy atom. The molecule has 2 aromatic rings. The Labute approximate surface area is 150 Å². The van der Waals surface area contributed by atoms with Gasteiger partial charge in [0.15, 0.2) is 4.34 Å². The summed E-state index contributed by atoms with van der Waals surface area (Å²) in [6, 6.07) is 3.58. The first-order valence-electron chi connectivity index (χ1n) is 6.69. The van der Waals surface area contributed by atoms with Crippen LogP contribution in [0.5, 0.6) is 0 Å². The summed E-state index contributed by atoms with van der Waals surface area (Å²) < 4.78 is 0.592. The Kier molecular flexibility index (Phi) is 6.01. The summed E-state index contributed by atoms with van der Waals surface area (Å²) in [4.78, 5) is 19.6. The molecular formula is C14H16BrN3O3S2. The molecule has 2 aromatic heterocycles. The maximum absolute atomic E-state index is 11.1. The van der Waals surface area contributed by atoms with Gasteiger partial charge in [-0.3, -0.25) is 4.79 Å². The highest BCUT2D eigenvalue weighted by Gasteiger charge is 2.29. The first kappa shape index (κ1) is 18.2. The van der Waals surface area contributed by atoms with Crippen molar-refractivity contribution in [3.8, 4) is 0 Å². The average Bonchev–Trinajstić information content (AvgIpc) is 2.87. The fraction of sp³-hybridized carbons (Fsp3) is 0.357. The van der Waals surface area contributed by atoms with Gasteiger partial charge in [0.1, 0.15) is 16.8 Å². The predicted octanol–water partition coefficient (Wildman–Crippen LogP) is 3.23. The Morgan fingerprint density at radius 3 is 2.87 bits per heavy atom. The zero-order chi connectivity index (χ0) is 17.0. The SMILES string of the molecule is CC(C)(Sc1nc(CC(O)Nc2ccc(Br)cn2)cs1)C(=O)O. The van der Waals surface area contributed by atoms with Gasteiger partial charge in [0, 0.05) is 22.5 Å². The quantitative estimate of drug-likeness (QED) is 0.469. The van der Waals surface area contributed by atoms with Crippen molar-refractivity contribution < 1.29 is 15.0 Å². The Bertz CT molecular complexity index is 676. The Hall–Kier alpha value is -1.16. The van der Waals surface area contributed by atoms with Crippen molar-refractivity contribution in [2.24, 2.45) is 0 Å². The standard InChI is InChI=1S/C14H16BrN3O3S2/c1-14(2,12(20)21)23-13-17-9(7-22-13)5-11(19)18-10-4-3-8(15)6-16-10/h3-4,6-7,11,19H,5H2,1-2H3,(H,16,18)(H,20,21). The van der Waals surface area contributed by atoms with E-state index in [0.29, 0.717) is 22.3 Å². The van der Waals surface area contributed by atoms with E-state index in [1.807, 2.05) is 11.4 Å². The number of carboxylic acid groups (broad SMARTS) is 1. The van der Waals surface area contributed by atoms with Gasteiger partial charge >= 0.3 is 5.97 Å². The molecule has 1 atom stereocenters. The number of thiazole rings is 1. The van der Waals surface area contributed by atoms with Gasteiger partial charge in [0.05, 0.1) is 5.69 Å². The van der Waals surface area contributed by atoms with E-state index in [1.54, 1.807) is 26.1 Å². The number of anilines is 1. The van der Waals surface area contributed by atoms with Crippen molar-refractivity contribution >= 4 is 50.8 Å². The van der Waals surface area contributed by atoms with Gasteiger partial charge < -0.3 is 15.5 Å². The second-order valence-corrected chi connectivity index (χ2v) is 8.89. The maximum atomic E-state index is 11.1. The van der Waals surface area contributed by atoms with E-state index in [1.165, 1.54) is 23.1 Å². The number of pyridine rings is 1. The summed E-state index contributed by atoms with van der Waals surface area (Å²) in [5.41, 5.74) is 0.704. The van der Waals surface area contributed by atoms with E-state index in [9.17, 15) is 9.90 Å². The van der Waals surface area contributed by atoms with E-state index in [2.05, 4.69) is 31.2 Å². The fourth-order valence-electron chi connectivity index (χ4n) is 1.57. The smallest absolute Gasteiger partial charge is 0.319 e. The van der Waals surface area contributed by atoms with Gasteiger partial charge in [-0.05, 0) is 41.9 Å². The molecular weight excluding hydrogens is 402 g/mol. The van der Waals surface area contributed by atoms with Crippen LogP contribution in [0.1, 0.15) is 19.5 Å². The van der Waals surface area contributed by atoms with E-state index in [-0.39, 0.29) is 0 Å². The molecule has 0 spiro atoms. The average molecular weight is 418 g/mol. The molecule has 23 heavy (non-hydrogen) atoms. The summed E-state index contributed by atoms with van der Waals surface area (Å²) in [7, 11) is 0. The normalized spacial score (nSPS) is 12.9. The molecule has 0 saturated heterocycles. The number of halogens is 1. The minimum absolute atomic E-state index is 0.308. The molecule has 124 valence electrons. The molecule has 1 unspecified atom stereocenters.